The van der Waals surface area contributed by atoms with E-state index in [-0.39, 0.29) is 23.4 Å². The Morgan fingerprint density at radius 3 is 2.83 bits per heavy atom. The van der Waals surface area contributed by atoms with Gasteiger partial charge in [-0.1, -0.05) is 38.1 Å². The molecule has 0 aliphatic carbocycles. The van der Waals surface area contributed by atoms with Crippen LogP contribution in [0, 0.1) is 5.41 Å². The number of nitrogens with zero attached hydrogens (tertiary/aromatic N) is 2. The van der Waals surface area contributed by atoms with Gasteiger partial charge in [0.1, 0.15) is 18.2 Å². The van der Waals surface area contributed by atoms with E-state index in [2.05, 4.69) is 47.1 Å². The van der Waals surface area contributed by atoms with Gasteiger partial charge in [-0.05, 0) is 23.5 Å². The molecule has 3 aliphatic rings. The highest BCUT2D eigenvalue weighted by molar-refractivity contribution is 5.99. The van der Waals surface area contributed by atoms with Crippen LogP contribution in [0.4, 0.5) is 5.69 Å². The second-order valence-electron chi connectivity index (χ2n) is 8.80. The van der Waals surface area contributed by atoms with Crippen LogP contribution < -0.4 is 10.6 Å². The molecule has 2 saturated heterocycles. The predicted octanol–water partition coefficient (Wildman–Crippen LogP) is 1.95. The van der Waals surface area contributed by atoms with Gasteiger partial charge in [-0.3, -0.25) is 9.59 Å². The van der Waals surface area contributed by atoms with Crippen LogP contribution in [0.3, 0.4) is 0 Å². The van der Waals surface area contributed by atoms with E-state index in [1.165, 1.54) is 0 Å². The van der Waals surface area contributed by atoms with Crippen molar-refractivity contribution in [3.8, 4) is 0 Å². The van der Waals surface area contributed by atoms with E-state index in [1.54, 1.807) is 17.4 Å². The number of amides is 2. The number of para-hydroxylation sites is 1. The first-order valence-electron chi connectivity index (χ1n) is 9.98. The molecule has 2 fully saturated rings. The fraction of sp³-hybridized carbons (Fsp3) is 0.409. The number of anilines is 1. The monoisotopic (exact) mass is 391 g/mol. The Hall–Kier alpha value is -3.09. The Morgan fingerprint density at radius 2 is 2.10 bits per heavy atom. The van der Waals surface area contributed by atoms with Gasteiger partial charge in [-0.25, -0.2) is 4.98 Å². The SMILES string of the molecule is C=CC(C)(C)[C@@]12C[C@H]3C(=O)N[C@@H](Cc4cnc[nH]4)C(=O)N3[C@@H]1Nc1ccccc12. The average Bonchev–Trinajstić information content (AvgIpc) is 3.40. The van der Waals surface area contributed by atoms with Gasteiger partial charge in [0.15, 0.2) is 0 Å². The minimum Gasteiger partial charge on any atom is -0.364 e. The molecule has 0 saturated carbocycles. The van der Waals surface area contributed by atoms with E-state index in [9.17, 15) is 9.59 Å². The molecule has 1 aromatic carbocycles. The lowest BCUT2D eigenvalue weighted by atomic mass is 9.60. The number of carbonyl (C=O) groups is 2. The summed E-state index contributed by atoms with van der Waals surface area (Å²) in [6.45, 7) is 8.36. The lowest BCUT2D eigenvalue weighted by Crippen LogP contribution is -2.64. The second kappa shape index (κ2) is 5.95. The molecule has 3 aliphatic heterocycles. The summed E-state index contributed by atoms with van der Waals surface area (Å²) in [6, 6.07) is 7.06. The fourth-order valence-corrected chi connectivity index (χ4v) is 5.44. The van der Waals surface area contributed by atoms with Crippen molar-refractivity contribution in [2.45, 2.75) is 50.4 Å². The van der Waals surface area contributed by atoms with Gasteiger partial charge >= 0.3 is 0 Å². The Balaban J connectivity index is 1.59. The summed E-state index contributed by atoms with van der Waals surface area (Å²) in [6.07, 6.45) is 5.88. The maximum Gasteiger partial charge on any atom is 0.247 e. The molecule has 1 aromatic heterocycles. The van der Waals surface area contributed by atoms with E-state index >= 15 is 0 Å². The molecule has 2 amide bonds. The summed E-state index contributed by atoms with van der Waals surface area (Å²) in [7, 11) is 0. The summed E-state index contributed by atoms with van der Waals surface area (Å²) >= 11 is 0. The number of imidazole rings is 1. The molecule has 0 radical (unpaired) electrons. The zero-order valence-electron chi connectivity index (χ0n) is 16.6. The van der Waals surface area contributed by atoms with Gasteiger partial charge in [-0.15, -0.1) is 6.58 Å². The van der Waals surface area contributed by atoms with Crippen molar-refractivity contribution in [1.82, 2.24) is 20.2 Å². The summed E-state index contributed by atoms with van der Waals surface area (Å²) < 4.78 is 0. The summed E-state index contributed by atoms with van der Waals surface area (Å²) in [5, 5.41) is 6.51. The van der Waals surface area contributed by atoms with Gasteiger partial charge < -0.3 is 20.5 Å². The van der Waals surface area contributed by atoms with Crippen molar-refractivity contribution in [3.05, 3.63) is 60.7 Å². The Bertz CT molecular complexity index is 998. The van der Waals surface area contributed by atoms with E-state index in [0.29, 0.717) is 12.8 Å². The maximum atomic E-state index is 13.5. The minimum atomic E-state index is -0.604. The smallest absolute Gasteiger partial charge is 0.247 e. The molecule has 4 atom stereocenters. The van der Waals surface area contributed by atoms with Crippen LogP contribution in [0.2, 0.25) is 0 Å². The van der Waals surface area contributed by atoms with Crippen LogP contribution in [0.5, 0.6) is 0 Å². The van der Waals surface area contributed by atoms with Gasteiger partial charge in [0, 0.05) is 29.4 Å². The van der Waals surface area contributed by atoms with E-state index in [4.69, 9.17) is 0 Å². The molecule has 7 nitrogen and oxygen atoms in total. The van der Waals surface area contributed by atoms with Crippen LogP contribution in [0.1, 0.15) is 31.5 Å². The number of carbonyl (C=O) groups excluding carboxylic acids is 2. The van der Waals surface area contributed by atoms with Gasteiger partial charge in [0.05, 0.1) is 6.33 Å². The largest absolute Gasteiger partial charge is 0.364 e. The van der Waals surface area contributed by atoms with Crippen molar-refractivity contribution < 1.29 is 9.59 Å². The zero-order valence-corrected chi connectivity index (χ0v) is 16.6. The molecule has 5 rings (SSSR count). The normalized spacial score (nSPS) is 30.3. The molecular formula is C22H25N5O2. The molecule has 29 heavy (non-hydrogen) atoms. The van der Waals surface area contributed by atoms with Crippen LogP contribution in [-0.4, -0.2) is 44.9 Å². The number of aromatic nitrogens is 2. The first kappa shape index (κ1) is 18.0. The third-order valence-corrected chi connectivity index (χ3v) is 7.11. The fourth-order valence-electron chi connectivity index (χ4n) is 5.44. The maximum absolute atomic E-state index is 13.5. The van der Waals surface area contributed by atoms with Crippen LogP contribution in [-0.2, 0) is 21.4 Å². The number of fused-ring (bicyclic) bond motifs is 5. The third kappa shape index (κ3) is 2.27. The summed E-state index contributed by atoms with van der Waals surface area (Å²) in [5.74, 6) is -0.154. The molecule has 0 unspecified atom stereocenters. The number of hydrogen-bond acceptors (Lipinski definition) is 4. The molecule has 3 N–H and O–H groups in total. The minimum absolute atomic E-state index is 0.0590. The highest BCUT2D eigenvalue weighted by atomic mass is 16.2. The number of piperazine rings is 1. The number of nitrogens with one attached hydrogen (secondary N) is 3. The van der Waals surface area contributed by atoms with Gasteiger partial charge in [0.25, 0.3) is 0 Å². The average molecular weight is 391 g/mol. The van der Waals surface area contributed by atoms with Crippen molar-refractivity contribution in [3.63, 3.8) is 0 Å². The first-order chi connectivity index (χ1) is 13.9. The zero-order chi connectivity index (χ0) is 20.4. The van der Waals surface area contributed by atoms with Crippen molar-refractivity contribution >= 4 is 17.5 Å². The quantitative estimate of drug-likeness (QED) is 0.695. The van der Waals surface area contributed by atoms with E-state index in [1.807, 2.05) is 24.3 Å². The van der Waals surface area contributed by atoms with Crippen LogP contribution in [0.25, 0.3) is 0 Å². The number of aromatic amines is 1. The molecule has 7 heteroatoms. The molecule has 150 valence electrons. The number of hydrogen-bond donors (Lipinski definition) is 3. The molecule has 0 bridgehead atoms. The Kier molecular flexibility index (Phi) is 3.69. The number of H-pyrrole nitrogens is 1. The summed E-state index contributed by atoms with van der Waals surface area (Å²) in [4.78, 5) is 35.4. The number of allylic oxidation sites excluding steroid dienone is 1. The van der Waals surface area contributed by atoms with Gasteiger partial charge in [0.2, 0.25) is 11.8 Å². The second-order valence-corrected chi connectivity index (χ2v) is 8.80. The van der Waals surface area contributed by atoms with Crippen LogP contribution >= 0.6 is 0 Å². The van der Waals surface area contributed by atoms with Crippen molar-refractivity contribution in [2.24, 2.45) is 5.41 Å². The van der Waals surface area contributed by atoms with E-state index < -0.39 is 17.5 Å². The van der Waals surface area contributed by atoms with Crippen molar-refractivity contribution in [1.29, 1.82) is 0 Å². The molecule has 0 spiro atoms. The summed E-state index contributed by atoms with van der Waals surface area (Å²) in [5.41, 5.74) is 2.24. The molecular weight excluding hydrogens is 366 g/mol. The lowest BCUT2D eigenvalue weighted by molar-refractivity contribution is -0.148. The standard InChI is InChI=1S/C22H25N5O2/c1-4-21(2,3)22-10-17-18(28)25-16(9-13-11-23-12-24-13)19(29)27(17)20(22)26-15-8-6-5-7-14(15)22/h4-8,11-12,16-17,20,26H,1,9-10H2,2-3H3,(H,23,24)(H,25,28)/t16-,17-,20-,22+/m0/s1. The highest BCUT2D eigenvalue weighted by Crippen LogP contribution is 2.60. The first-order valence-corrected chi connectivity index (χ1v) is 9.98. The molecule has 2 aromatic rings. The van der Waals surface area contributed by atoms with E-state index in [0.717, 1.165) is 16.9 Å². The number of benzene rings is 1. The van der Waals surface area contributed by atoms with Crippen molar-refractivity contribution in [2.75, 3.05) is 5.32 Å². The Labute approximate surface area is 169 Å². The third-order valence-electron chi connectivity index (χ3n) is 7.11. The molecule has 4 heterocycles. The Morgan fingerprint density at radius 1 is 1.31 bits per heavy atom. The highest BCUT2D eigenvalue weighted by Gasteiger charge is 2.67. The predicted molar refractivity (Wildman–Crippen MR) is 109 cm³/mol. The lowest BCUT2D eigenvalue weighted by Gasteiger charge is -2.44. The topological polar surface area (TPSA) is 90.1 Å². The van der Waals surface area contributed by atoms with Gasteiger partial charge in [-0.2, -0.15) is 0 Å². The van der Waals surface area contributed by atoms with Crippen LogP contribution in [0.15, 0.2) is 49.4 Å². The number of rotatable bonds is 4.